The van der Waals surface area contributed by atoms with Crippen molar-refractivity contribution in [3.05, 3.63) is 36.3 Å². The van der Waals surface area contributed by atoms with Gasteiger partial charge in [0.15, 0.2) is 5.82 Å². The van der Waals surface area contributed by atoms with E-state index in [2.05, 4.69) is 25.3 Å². The molecule has 144 valence electrons. The lowest BCUT2D eigenvalue weighted by Crippen LogP contribution is -2.07. The normalized spacial score (nSPS) is 11.1. The van der Waals surface area contributed by atoms with Crippen molar-refractivity contribution in [2.45, 2.75) is 13.5 Å². The Morgan fingerprint density at radius 1 is 1.29 bits per heavy atom. The van der Waals surface area contributed by atoms with Gasteiger partial charge in [-0.2, -0.15) is 0 Å². The van der Waals surface area contributed by atoms with Gasteiger partial charge in [0.1, 0.15) is 17.8 Å². The van der Waals surface area contributed by atoms with Gasteiger partial charge in [0, 0.05) is 19.5 Å². The number of pyridine rings is 2. The molecular formula is C19H20N6O3. The number of hydrogen-bond acceptors (Lipinski definition) is 7. The number of H-pyrrole nitrogens is 1. The van der Waals surface area contributed by atoms with Crippen LogP contribution in [0, 0.1) is 0 Å². The Labute approximate surface area is 160 Å². The molecule has 0 bridgehead atoms. The Morgan fingerprint density at radius 3 is 2.93 bits per heavy atom. The van der Waals surface area contributed by atoms with Gasteiger partial charge < -0.3 is 24.3 Å². The van der Waals surface area contributed by atoms with E-state index in [1.54, 1.807) is 19.3 Å². The average molecular weight is 380 g/mol. The molecule has 4 aromatic heterocycles. The summed E-state index contributed by atoms with van der Waals surface area (Å²) >= 11 is 0. The second-order valence-corrected chi connectivity index (χ2v) is 6.19. The number of ether oxygens (including phenoxy) is 2. The van der Waals surface area contributed by atoms with Crippen LogP contribution in [0.4, 0.5) is 10.6 Å². The Balaban J connectivity index is 1.72. The molecule has 0 saturated heterocycles. The molecule has 9 heteroatoms. The molecule has 0 aliphatic heterocycles. The number of fused-ring (bicyclic) bond motifs is 3. The lowest BCUT2D eigenvalue weighted by Gasteiger charge is -2.05. The third-order valence-electron chi connectivity index (χ3n) is 4.36. The molecule has 0 amide bonds. The highest BCUT2D eigenvalue weighted by Gasteiger charge is 2.15. The van der Waals surface area contributed by atoms with Crippen LogP contribution in [0.25, 0.3) is 33.5 Å². The Bertz CT molecular complexity index is 1160. The van der Waals surface area contributed by atoms with E-state index in [1.165, 1.54) is 0 Å². The molecule has 0 radical (unpaired) electrons. The van der Waals surface area contributed by atoms with Gasteiger partial charge in [0.05, 0.1) is 35.5 Å². The van der Waals surface area contributed by atoms with E-state index in [9.17, 15) is 4.79 Å². The zero-order chi connectivity index (χ0) is 19.7. The molecule has 4 heterocycles. The first-order valence-corrected chi connectivity index (χ1v) is 8.88. The van der Waals surface area contributed by atoms with E-state index in [-0.39, 0.29) is 13.2 Å². The smallest absolute Gasteiger partial charge is 0.435 e. The molecule has 4 aromatic rings. The fraction of sp³-hybridized carbons (Fsp3) is 0.263. The molecule has 2 N–H and O–H groups in total. The molecule has 0 aliphatic carbocycles. The van der Waals surface area contributed by atoms with Gasteiger partial charge in [-0.1, -0.05) is 6.07 Å². The van der Waals surface area contributed by atoms with Gasteiger partial charge in [-0.15, -0.1) is 0 Å². The van der Waals surface area contributed by atoms with Crippen molar-refractivity contribution < 1.29 is 14.3 Å². The van der Waals surface area contributed by atoms with Gasteiger partial charge in [0.25, 0.3) is 0 Å². The second kappa shape index (κ2) is 7.18. The van der Waals surface area contributed by atoms with Crippen LogP contribution in [0.2, 0.25) is 0 Å². The van der Waals surface area contributed by atoms with Crippen molar-refractivity contribution in [3.8, 4) is 11.4 Å². The predicted molar refractivity (Wildman–Crippen MR) is 105 cm³/mol. The highest BCUT2D eigenvalue weighted by atomic mass is 16.7. The van der Waals surface area contributed by atoms with Crippen LogP contribution in [0.1, 0.15) is 12.6 Å². The monoisotopic (exact) mass is 380 g/mol. The van der Waals surface area contributed by atoms with Gasteiger partial charge in [0.2, 0.25) is 0 Å². The molecule has 9 nitrogen and oxygen atoms in total. The predicted octanol–water partition coefficient (Wildman–Crippen LogP) is 3.23. The van der Waals surface area contributed by atoms with E-state index >= 15 is 0 Å². The summed E-state index contributed by atoms with van der Waals surface area (Å²) in [6, 6.07) is 7.55. The Hall–Kier alpha value is -3.62. The van der Waals surface area contributed by atoms with E-state index in [0.717, 1.165) is 33.5 Å². The van der Waals surface area contributed by atoms with Crippen molar-refractivity contribution in [2.75, 3.05) is 19.0 Å². The van der Waals surface area contributed by atoms with E-state index in [1.807, 2.05) is 36.9 Å². The summed E-state index contributed by atoms with van der Waals surface area (Å²) in [5.41, 5.74) is 4.70. The first-order valence-electron chi connectivity index (χ1n) is 8.88. The Morgan fingerprint density at radius 2 is 2.14 bits per heavy atom. The first-order chi connectivity index (χ1) is 13.6. The lowest BCUT2D eigenvalue weighted by molar-refractivity contribution is 0.0527. The van der Waals surface area contributed by atoms with Crippen molar-refractivity contribution in [3.63, 3.8) is 0 Å². The van der Waals surface area contributed by atoms with Crippen LogP contribution in [-0.2, 0) is 23.1 Å². The maximum Gasteiger partial charge on any atom is 0.508 e. The average Bonchev–Trinajstić information content (AvgIpc) is 3.30. The minimum absolute atomic E-state index is 0.0427. The van der Waals surface area contributed by atoms with Crippen LogP contribution in [0.3, 0.4) is 0 Å². The number of aromatic amines is 1. The molecule has 0 spiro atoms. The van der Waals surface area contributed by atoms with E-state index in [4.69, 9.17) is 9.47 Å². The number of aryl methyl sites for hydroxylation is 1. The summed E-state index contributed by atoms with van der Waals surface area (Å²) in [7, 11) is 3.77. The molecule has 0 aromatic carbocycles. The van der Waals surface area contributed by atoms with Crippen LogP contribution >= 0.6 is 0 Å². The largest absolute Gasteiger partial charge is 0.508 e. The quantitative estimate of drug-likeness (QED) is 0.512. The van der Waals surface area contributed by atoms with Crippen LogP contribution in [-0.4, -0.2) is 44.3 Å². The zero-order valence-corrected chi connectivity index (χ0v) is 15.8. The fourth-order valence-corrected chi connectivity index (χ4v) is 3.11. The minimum atomic E-state index is -0.706. The minimum Gasteiger partial charge on any atom is -0.435 e. The van der Waals surface area contributed by atoms with Crippen LogP contribution in [0.15, 0.2) is 30.6 Å². The van der Waals surface area contributed by atoms with E-state index in [0.29, 0.717) is 11.5 Å². The lowest BCUT2D eigenvalue weighted by atomic mass is 10.2. The molecule has 28 heavy (non-hydrogen) atoms. The highest BCUT2D eigenvalue weighted by molar-refractivity contribution is 6.07. The summed E-state index contributed by atoms with van der Waals surface area (Å²) < 4.78 is 11.8. The molecule has 0 aliphatic rings. The molecule has 0 fully saturated rings. The standard InChI is InChI=1S/C19H20N6O3/c1-4-27-19(26)28-9-11-6-5-7-13(22-11)14-8-12-16-15(21-10-25(16)3)18(20-2)24-17(12)23-14/h5-8,10H,4,9H2,1-3H3,(H2,20,23,24). The summed E-state index contributed by atoms with van der Waals surface area (Å²) in [6.07, 6.45) is 1.06. The van der Waals surface area contributed by atoms with Gasteiger partial charge in [-0.25, -0.2) is 19.7 Å². The third-order valence-corrected chi connectivity index (χ3v) is 4.36. The topological polar surface area (TPSA) is 107 Å². The number of rotatable bonds is 5. The summed E-state index contributed by atoms with van der Waals surface area (Å²) in [4.78, 5) is 28.3. The number of nitrogens with one attached hydrogen (secondary N) is 2. The highest BCUT2D eigenvalue weighted by Crippen LogP contribution is 2.31. The van der Waals surface area contributed by atoms with Crippen LogP contribution in [0.5, 0.6) is 0 Å². The number of imidazole rings is 1. The number of anilines is 1. The summed E-state index contributed by atoms with van der Waals surface area (Å²) in [6.45, 7) is 2.04. The summed E-state index contributed by atoms with van der Waals surface area (Å²) in [5, 5.41) is 4.05. The molecule has 4 rings (SSSR count). The first kappa shape index (κ1) is 17.8. The van der Waals surface area contributed by atoms with Crippen molar-refractivity contribution in [1.82, 2.24) is 24.5 Å². The summed E-state index contributed by atoms with van der Waals surface area (Å²) in [5.74, 6) is 0.709. The number of carbonyl (C=O) groups excluding carboxylic acids is 1. The SMILES string of the molecule is CCOC(=O)OCc1cccc(-c2cc3c(nc(NC)c4ncn(C)c43)[nH]2)n1. The zero-order valence-electron chi connectivity index (χ0n) is 15.8. The van der Waals surface area contributed by atoms with Crippen molar-refractivity contribution in [2.24, 2.45) is 7.05 Å². The maximum absolute atomic E-state index is 11.4. The Kier molecular flexibility index (Phi) is 4.56. The van der Waals surface area contributed by atoms with Crippen molar-refractivity contribution in [1.29, 1.82) is 0 Å². The van der Waals surface area contributed by atoms with Gasteiger partial charge >= 0.3 is 6.16 Å². The molecule has 0 unspecified atom stereocenters. The molecule has 0 saturated carbocycles. The number of nitrogens with zero attached hydrogens (tertiary/aromatic N) is 4. The van der Waals surface area contributed by atoms with Crippen LogP contribution < -0.4 is 5.32 Å². The molecule has 0 atom stereocenters. The maximum atomic E-state index is 11.4. The van der Waals surface area contributed by atoms with Gasteiger partial charge in [-0.05, 0) is 25.1 Å². The third kappa shape index (κ3) is 3.11. The number of carbonyl (C=O) groups is 1. The number of aromatic nitrogens is 5. The fourth-order valence-electron chi connectivity index (χ4n) is 3.11. The number of hydrogen-bond donors (Lipinski definition) is 2. The van der Waals surface area contributed by atoms with Crippen molar-refractivity contribution >= 4 is 34.0 Å². The van der Waals surface area contributed by atoms with E-state index < -0.39 is 6.16 Å². The van der Waals surface area contributed by atoms with Gasteiger partial charge in [-0.3, -0.25) is 0 Å². The second-order valence-electron chi connectivity index (χ2n) is 6.19. The molecular weight excluding hydrogens is 360 g/mol.